The molecule has 1 amide bonds. The Hall–Kier alpha value is -4.62. The number of allylic oxidation sites excluding steroid dienone is 1. The predicted molar refractivity (Wildman–Crippen MR) is 162 cm³/mol. The first-order valence-electron chi connectivity index (χ1n) is 15.1. The molecule has 0 spiro atoms. The van der Waals surface area contributed by atoms with Crippen molar-refractivity contribution >= 4 is 17.6 Å². The highest BCUT2D eigenvalue weighted by Gasteiger charge is 2.44. The molecule has 2 atom stereocenters. The molecule has 3 aromatic rings. The molecular weight excluding hydrogens is 666 g/mol. The fourth-order valence-corrected chi connectivity index (χ4v) is 6.43. The Labute approximate surface area is 275 Å². The van der Waals surface area contributed by atoms with E-state index >= 15 is 4.39 Å². The average Bonchev–Trinajstić information content (AvgIpc) is 3.28. The van der Waals surface area contributed by atoms with Gasteiger partial charge in [-0.3, -0.25) is 4.90 Å². The van der Waals surface area contributed by atoms with Gasteiger partial charge in [-0.25, -0.2) is 18.4 Å². The lowest BCUT2D eigenvalue weighted by Gasteiger charge is -2.36. The summed E-state index contributed by atoms with van der Waals surface area (Å²) in [5.41, 5.74) is -2.67. The molecule has 0 radical (unpaired) electrons. The molecule has 1 saturated heterocycles. The van der Waals surface area contributed by atoms with Crippen molar-refractivity contribution in [1.82, 2.24) is 4.90 Å². The summed E-state index contributed by atoms with van der Waals surface area (Å²) in [6.45, 7) is 5.32. The molecule has 6 nitrogen and oxygen atoms in total. The number of hydrogen-bond donors (Lipinski definition) is 1. The van der Waals surface area contributed by atoms with Gasteiger partial charge in [0.2, 0.25) is 0 Å². The second kappa shape index (κ2) is 12.7. The van der Waals surface area contributed by atoms with E-state index in [0.29, 0.717) is 48.1 Å². The average molecular weight is 698 g/mol. The van der Waals surface area contributed by atoms with Crippen LogP contribution in [0.1, 0.15) is 78.7 Å². The molecule has 2 aliphatic rings. The number of rotatable bonds is 7. The Morgan fingerprint density at radius 1 is 0.959 bits per heavy atom. The predicted octanol–water partition coefficient (Wildman–Crippen LogP) is 9.92. The van der Waals surface area contributed by atoms with Crippen LogP contribution >= 0.6 is 0 Å². The summed E-state index contributed by atoms with van der Waals surface area (Å²) in [5, 5.41) is 9.20. The van der Waals surface area contributed by atoms with E-state index in [-0.39, 0.29) is 34.9 Å². The molecule has 14 heteroatoms. The standard InChI is InChI=1S/C35H31F8NO5/c1-17-30(19-9-21(34(38,39)40)12-22(10-19)35(41,42)43)49-32(47)44(17)16-20-15-33(2,3)8-7-23(20)26-13-25(28(37)14-29(26)48-4)18-5-6-24(31(45)46)27(36)11-18/h5-6,9-14,17,30H,7-8,15-16H2,1-4H3,(H,45,46)/t17-,30-/m0/s1. The van der Waals surface area contributed by atoms with E-state index < -0.39 is 70.4 Å². The van der Waals surface area contributed by atoms with Crippen LogP contribution in [0.3, 0.4) is 0 Å². The first-order valence-corrected chi connectivity index (χ1v) is 15.1. The Morgan fingerprint density at radius 2 is 1.59 bits per heavy atom. The number of halogens is 8. The second-order valence-electron chi connectivity index (χ2n) is 13.0. The Morgan fingerprint density at radius 3 is 2.14 bits per heavy atom. The highest BCUT2D eigenvalue weighted by molar-refractivity contribution is 5.89. The number of nitrogens with zero attached hydrogens (tertiary/aromatic N) is 1. The van der Waals surface area contributed by atoms with Gasteiger partial charge in [-0.15, -0.1) is 0 Å². The first kappa shape index (κ1) is 35.7. The number of benzene rings is 3. The Balaban J connectivity index is 1.57. The van der Waals surface area contributed by atoms with Crippen molar-refractivity contribution in [1.29, 1.82) is 0 Å². The molecular formula is C35H31F8NO5. The maximum Gasteiger partial charge on any atom is 0.416 e. The number of ether oxygens (including phenoxy) is 2. The van der Waals surface area contributed by atoms with E-state index in [1.54, 1.807) is 0 Å². The number of aromatic carboxylic acids is 1. The highest BCUT2D eigenvalue weighted by atomic mass is 19.4. The van der Waals surface area contributed by atoms with Crippen LogP contribution in [-0.2, 0) is 17.1 Å². The summed E-state index contributed by atoms with van der Waals surface area (Å²) in [4.78, 5) is 25.7. The maximum atomic E-state index is 15.4. The quantitative estimate of drug-likeness (QED) is 0.249. The van der Waals surface area contributed by atoms with Gasteiger partial charge in [-0.2, -0.15) is 26.3 Å². The molecule has 262 valence electrons. The van der Waals surface area contributed by atoms with Gasteiger partial charge in [-0.1, -0.05) is 19.9 Å². The number of carbonyl (C=O) groups excluding carboxylic acids is 1. The minimum absolute atomic E-state index is 0.00312. The number of carboxylic acid groups (broad SMARTS) is 1. The molecule has 3 aromatic carbocycles. The van der Waals surface area contributed by atoms with Crippen molar-refractivity contribution < 1.29 is 59.3 Å². The molecule has 0 aromatic heterocycles. The van der Waals surface area contributed by atoms with Crippen LogP contribution in [0.2, 0.25) is 0 Å². The van der Waals surface area contributed by atoms with Gasteiger partial charge in [0.05, 0.1) is 29.8 Å². The van der Waals surface area contributed by atoms with Crippen molar-refractivity contribution in [3.8, 4) is 16.9 Å². The number of hydrogen-bond acceptors (Lipinski definition) is 4. The van der Waals surface area contributed by atoms with E-state index in [0.717, 1.165) is 18.2 Å². The lowest BCUT2D eigenvalue weighted by molar-refractivity contribution is -0.143. The van der Waals surface area contributed by atoms with E-state index in [1.807, 2.05) is 13.8 Å². The van der Waals surface area contributed by atoms with Gasteiger partial charge in [0.15, 0.2) is 0 Å². The van der Waals surface area contributed by atoms with Gasteiger partial charge in [0.25, 0.3) is 0 Å². The Bertz CT molecular complexity index is 1810. The van der Waals surface area contributed by atoms with Crippen LogP contribution in [0, 0.1) is 17.0 Å². The van der Waals surface area contributed by atoms with E-state index in [9.17, 15) is 45.4 Å². The lowest BCUT2D eigenvalue weighted by atomic mass is 9.72. The number of carboxylic acids is 1. The SMILES string of the molecule is COc1cc(F)c(-c2ccc(C(=O)O)c(F)c2)cc1C1=C(CN2C(=O)O[C@H](c3cc(C(F)(F)F)cc(C(F)(F)F)c3)[C@@H]2C)CC(C)(C)CC1. The third-order valence-electron chi connectivity index (χ3n) is 8.99. The molecule has 1 aliphatic carbocycles. The van der Waals surface area contributed by atoms with Gasteiger partial charge in [-0.05, 0) is 90.3 Å². The summed E-state index contributed by atoms with van der Waals surface area (Å²) >= 11 is 0. The smallest absolute Gasteiger partial charge is 0.416 e. The van der Waals surface area contributed by atoms with Crippen molar-refractivity contribution in [2.45, 2.75) is 64.5 Å². The van der Waals surface area contributed by atoms with Crippen molar-refractivity contribution in [3.05, 3.63) is 93.6 Å². The second-order valence-corrected chi connectivity index (χ2v) is 13.0. The van der Waals surface area contributed by atoms with Crippen LogP contribution in [0.5, 0.6) is 5.75 Å². The summed E-state index contributed by atoms with van der Waals surface area (Å²) in [7, 11) is 1.32. The molecule has 1 fully saturated rings. The number of methoxy groups -OCH3 is 1. The van der Waals surface area contributed by atoms with Crippen molar-refractivity contribution in [3.63, 3.8) is 0 Å². The Kier molecular flexibility index (Phi) is 9.24. The molecule has 0 bridgehead atoms. The molecule has 1 N–H and O–H groups in total. The fourth-order valence-electron chi connectivity index (χ4n) is 6.43. The molecule has 1 aliphatic heterocycles. The van der Waals surface area contributed by atoms with Crippen LogP contribution in [0.4, 0.5) is 39.9 Å². The molecule has 49 heavy (non-hydrogen) atoms. The third kappa shape index (κ3) is 7.23. The zero-order valence-corrected chi connectivity index (χ0v) is 26.7. The summed E-state index contributed by atoms with van der Waals surface area (Å²) in [6.07, 6.45) is -11.1. The molecule has 5 rings (SSSR count). The minimum Gasteiger partial charge on any atom is -0.496 e. The summed E-state index contributed by atoms with van der Waals surface area (Å²) in [6, 6.07) is 5.82. The lowest BCUT2D eigenvalue weighted by Crippen LogP contribution is -2.35. The van der Waals surface area contributed by atoms with E-state index in [2.05, 4.69) is 0 Å². The number of alkyl halides is 6. The monoisotopic (exact) mass is 697 g/mol. The summed E-state index contributed by atoms with van der Waals surface area (Å²) < 4.78 is 122. The van der Waals surface area contributed by atoms with Crippen molar-refractivity contribution in [2.24, 2.45) is 5.41 Å². The number of amides is 1. The normalized spacial score (nSPS) is 19.7. The van der Waals surface area contributed by atoms with Crippen LogP contribution in [-0.4, -0.2) is 41.8 Å². The maximum absolute atomic E-state index is 15.4. The topological polar surface area (TPSA) is 76.1 Å². The van der Waals surface area contributed by atoms with Crippen LogP contribution in [0.15, 0.2) is 54.1 Å². The van der Waals surface area contributed by atoms with E-state index in [4.69, 9.17) is 9.47 Å². The van der Waals surface area contributed by atoms with Gasteiger partial charge >= 0.3 is 24.4 Å². The van der Waals surface area contributed by atoms with E-state index in [1.165, 1.54) is 31.1 Å². The number of cyclic esters (lactones) is 1. The molecule has 1 heterocycles. The largest absolute Gasteiger partial charge is 0.496 e. The zero-order chi connectivity index (χ0) is 36.2. The fraction of sp³-hybridized carbons (Fsp3) is 0.371. The molecule has 0 saturated carbocycles. The number of carbonyl (C=O) groups is 2. The van der Waals surface area contributed by atoms with Gasteiger partial charge in [0.1, 0.15) is 23.5 Å². The molecule has 0 unspecified atom stereocenters. The van der Waals surface area contributed by atoms with Gasteiger partial charge in [0, 0.05) is 23.7 Å². The summed E-state index contributed by atoms with van der Waals surface area (Å²) in [5.74, 6) is -3.22. The first-order chi connectivity index (χ1) is 22.7. The third-order valence-corrected chi connectivity index (χ3v) is 8.99. The minimum atomic E-state index is -5.09. The van der Waals surface area contributed by atoms with Crippen molar-refractivity contribution in [2.75, 3.05) is 13.7 Å². The van der Waals surface area contributed by atoms with Crippen LogP contribution in [0.25, 0.3) is 16.7 Å². The zero-order valence-electron chi connectivity index (χ0n) is 26.7. The van der Waals surface area contributed by atoms with Crippen LogP contribution < -0.4 is 4.74 Å². The highest BCUT2D eigenvalue weighted by Crippen LogP contribution is 2.47. The van der Waals surface area contributed by atoms with Gasteiger partial charge < -0.3 is 14.6 Å².